The molecule has 0 unspecified atom stereocenters. The average molecular weight is 364 g/mol. The molecule has 0 bridgehead atoms. The highest BCUT2D eigenvalue weighted by molar-refractivity contribution is 7.69. The largest absolute Gasteiger partial charge is 0.465 e. The molecular formula is C16H16N2O6S. The summed E-state index contributed by atoms with van der Waals surface area (Å²) in [6.07, 6.45) is 1.36. The van der Waals surface area contributed by atoms with Gasteiger partial charge < -0.3 is 14.2 Å². The summed E-state index contributed by atoms with van der Waals surface area (Å²) in [6, 6.07) is 8.43. The molecule has 0 saturated carbocycles. The van der Waals surface area contributed by atoms with Crippen LogP contribution in [0.3, 0.4) is 0 Å². The third-order valence-corrected chi connectivity index (χ3v) is 4.37. The summed E-state index contributed by atoms with van der Waals surface area (Å²) in [4.78, 5) is 15.5. The van der Waals surface area contributed by atoms with Crippen molar-refractivity contribution in [2.45, 2.75) is 13.1 Å². The van der Waals surface area contributed by atoms with E-state index in [1.54, 1.807) is 30.3 Å². The van der Waals surface area contributed by atoms with Crippen LogP contribution in [0, 0.1) is 0 Å². The van der Waals surface area contributed by atoms with Crippen LogP contribution in [0.4, 0.5) is 0 Å². The van der Waals surface area contributed by atoms with Gasteiger partial charge in [0.05, 0.1) is 24.9 Å². The second-order valence-electron chi connectivity index (χ2n) is 5.28. The number of nitrogens with zero attached hydrogens (tertiary/aromatic N) is 2. The number of thiol groups is 1. The van der Waals surface area contributed by atoms with E-state index in [9.17, 15) is 13.2 Å². The molecule has 0 radical (unpaired) electrons. The highest BCUT2D eigenvalue weighted by Crippen LogP contribution is 2.32. The summed E-state index contributed by atoms with van der Waals surface area (Å²) in [5.41, 5.74) is 1.60. The second-order valence-corrected chi connectivity index (χ2v) is 6.32. The molecule has 0 N–H and O–H groups in total. The third-order valence-electron chi connectivity index (χ3n) is 3.62. The van der Waals surface area contributed by atoms with Gasteiger partial charge in [0.25, 0.3) is 0 Å². The zero-order valence-corrected chi connectivity index (χ0v) is 14.3. The van der Waals surface area contributed by atoms with Gasteiger partial charge in [-0.15, -0.1) is 0 Å². The molecular weight excluding hydrogens is 348 g/mol. The van der Waals surface area contributed by atoms with Gasteiger partial charge in [-0.1, -0.05) is 6.07 Å². The van der Waals surface area contributed by atoms with Gasteiger partial charge in [0, 0.05) is 12.7 Å². The number of rotatable bonds is 6. The fraction of sp³-hybridized carbons (Fsp3) is 0.250. The van der Waals surface area contributed by atoms with E-state index in [0.29, 0.717) is 22.8 Å². The molecule has 3 rings (SSSR count). The van der Waals surface area contributed by atoms with Crippen molar-refractivity contribution in [2.75, 3.05) is 13.9 Å². The van der Waals surface area contributed by atoms with Crippen LogP contribution in [0.15, 0.2) is 36.5 Å². The Kier molecular flexibility index (Phi) is 5.15. The van der Waals surface area contributed by atoms with Crippen molar-refractivity contribution in [1.82, 2.24) is 9.29 Å². The Morgan fingerprint density at radius 1 is 1.20 bits per heavy atom. The number of fused-ring (bicyclic) bond motifs is 1. The maximum Gasteiger partial charge on any atom is 0.339 e. The Bertz CT molecular complexity index is 842. The van der Waals surface area contributed by atoms with Gasteiger partial charge in [0.2, 0.25) is 17.7 Å². The number of pyridine rings is 1. The first kappa shape index (κ1) is 17.2. The van der Waals surface area contributed by atoms with E-state index in [1.165, 1.54) is 17.6 Å². The minimum atomic E-state index is -2.81. The van der Waals surface area contributed by atoms with Gasteiger partial charge in [0.15, 0.2) is 11.5 Å². The Balaban J connectivity index is 1.72. The van der Waals surface area contributed by atoms with Gasteiger partial charge in [-0.25, -0.2) is 13.2 Å². The lowest BCUT2D eigenvalue weighted by molar-refractivity contribution is 0.0600. The summed E-state index contributed by atoms with van der Waals surface area (Å²) in [5, 5.41) is 0. The molecule has 0 atom stereocenters. The first-order valence-electron chi connectivity index (χ1n) is 7.38. The van der Waals surface area contributed by atoms with E-state index in [1.807, 2.05) is 0 Å². The van der Waals surface area contributed by atoms with Crippen molar-refractivity contribution >= 4 is 16.9 Å². The maximum atomic E-state index is 11.6. The van der Waals surface area contributed by atoms with Crippen LogP contribution in [0.2, 0.25) is 0 Å². The number of methoxy groups -OCH3 is 1. The highest BCUT2D eigenvalue weighted by Gasteiger charge is 2.16. The van der Waals surface area contributed by atoms with E-state index in [2.05, 4.69) is 9.72 Å². The monoisotopic (exact) mass is 364 g/mol. The molecule has 1 aromatic carbocycles. The Morgan fingerprint density at radius 2 is 2.00 bits per heavy atom. The number of carbonyl (C=O) groups is 1. The molecule has 2 heterocycles. The van der Waals surface area contributed by atoms with Crippen LogP contribution in [-0.2, 0) is 28.7 Å². The first-order valence-corrected chi connectivity index (χ1v) is 8.51. The van der Waals surface area contributed by atoms with Crippen molar-refractivity contribution in [1.29, 1.82) is 0 Å². The summed E-state index contributed by atoms with van der Waals surface area (Å²) in [7, 11) is -1.53. The van der Waals surface area contributed by atoms with Crippen LogP contribution in [0.1, 0.15) is 21.6 Å². The zero-order valence-electron chi connectivity index (χ0n) is 13.4. The predicted molar refractivity (Wildman–Crippen MR) is 87.7 cm³/mol. The van der Waals surface area contributed by atoms with Crippen LogP contribution in [-0.4, -0.2) is 37.6 Å². The third kappa shape index (κ3) is 4.06. The Hall–Kier alpha value is -2.65. The molecule has 0 fully saturated rings. The lowest BCUT2D eigenvalue weighted by Crippen LogP contribution is -2.21. The number of hydrogen-bond acceptors (Lipinski definition) is 7. The minimum Gasteiger partial charge on any atom is -0.465 e. The van der Waals surface area contributed by atoms with Gasteiger partial charge >= 0.3 is 5.97 Å². The molecule has 0 amide bonds. The molecule has 25 heavy (non-hydrogen) atoms. The SMILES string of the molecule is COC(=O)c1ccc(CN(Cc2ccc3c(c2)OCO3)[SH](=O)=O)nc1. The first-order chi connectivity index (χ1) is 12.1. The minimum absolute atomic E-state index is 0.0919. The number of benzene rings is 1. The summed E-state index contributed by atoms with van der Waals surface area (Å²) < 4.78 is 39.5. The molecule has 1 aliphatic rings. The summed E-state index contributed by atoms with van der Waals surface area (Å²) >= 11 is 0. The van der Waals surface area contributed by atoms with Crippen molar-refractivity contribution in [3.05, 3.63) is 53.3 Å². The molecule has 0 saturated heterocycles. The van der Waals surface area contributed by atoms with E-state index >= 15 is 0 Å². The van der Waals surface area contributed by atoms with Gasteiger partial charge in [-0.3, -0.25) is 4.98 Å². The lowest BCUT2D eigenvalue weighted by Gasteiger charge is -2.15. The number of ether oxygens (including phenoxy) is 3. The Morgan fingerprint density at radius 3 is 2.68 bits per heavy atom. The molecule has 2 aromatic rings. The van der Waals surface area contributed by atoms with Crippen LogP contribution in [0.25, 0.3) is 0 Å². The highest BCUT2D eigenvalue weighted by atomic mass is 32.2. The molecule has 8 nitrogen and oxygen atoms in total. The van der Waals surface area contributed by atoms with E-state index < -0.39 is 16.9 Å². The van der Waals surface area contributed by atoms with Gasteiger partial charge in [0.1, 0.15) is 0 Å². The fourth-order valence-electron chi connectivity index (χ4n) is 2.37. The smallest absolute Gasteiger partial charge is 0.339 e. The fourth-order valence-corrected chi connectivity index (χ4v) is 2.90. The number of carbonyl (C=O) groups excluding carboxylic acids is 1. The van der Waals surface area contributed by atoms with Gasteiger partial charge in [-0.05, 0) is 29.8 Å². The number of aromatic nitrogens is 1. The zero-order chi connectivity index (χ0) is 17.8. The van der Waals surface area contributed by atoms with Crippen molar-refractivity contribution in [3.8, 4) is 11.5 Å². The molecule has 0 aliphatic carbocycles. The molecule has 0 spiro atoms. The normalized spacial score (nSPS) is 12.6. The van der Waals surface area contributed by atoms with Crippen molar-refractivity contribution in [3.63, 3.8) is 0 Å². The van der Waals surface area contributed by atoms with Crippen LogP contribution < -0.4 is 9.47 Å². The van der Waals surface area contributed by atoms with Crippen LogP contribution in [0.5, 0.6) is 11.5 Å². The topological polar surface area (TPSA) is 95.0 Å². The quantitative estimate of drug-likeness (QED) is 0.606. The van der Waals surface area contributed by atoms with Crippen molar-refractivity contribution < 1.29 is 27.4 Å². The Labute approximate surface area is 146 Å². The summed E-state index contributed by atoms with van der Waals surface area (Å²) in [6.45, 7) is 0.430. The van der Waals surface area contributed by atoms with E-state index in [4.69, 9.17) is 9.47 Å². The number of esters is 1. The summed E-state index contributed by atoms with van der Waals surface area (Å²) in [5.74, 6) is 0.743. The van der Waals surface area contributed by atoms with Crippen molar-refractivity contribution in [2.24, 2.45) is 0 Å². The molecule has 132 valence electrons. The lowest BCUT2D eigenvalue weighted by atomic mass is 10.2. The van der Waals surface area contributed by atoms with Crippen LogP contribution >= 0.6 is 0 Å². The molecule has 1 aromatic heterocycles. The predicted octanol–water partition coefficient (Wildman–Crippen LogP) is 1.13. The van der Waals surface area contributed by atoms with E-state index in [-0.39, 0.29) is 19.9 Å². The maximum absolute atomic E-state index is 11.6. The second kappa shape index (κ2) is 7.49. The average Bonchev–Trinajstić information content (AvgIpc) is 3.08. The number of hydrogen-bond donors (Lipinski definition) is 1. The molecule has 9 heteroatoms. The molecule has 1 aliphatic heterocycles. The standard InChI is InChI=1S/C16H16N2O6S/c1-22-16(19)12-3-4-13(17-7-12)9-18(25(20)21)8-11-2-5-14-15(6-11)24-10-23-14/h2-7,25H,8-10H2,1H3. The van der Waals surface area contributed by atoms with Gasteiger partial charge in [-0.2, -0.15) is 4.31 Å². The van der Waals surface area contributed by atoms with E-state index in [0.717, 1.165) is 5.56 Å².